The molecule has 0 aromatic heterocycles. The number of fused-ring (bicyclic) bond motifs is 5. The fourth-order valence-corrected chi connectivity index (χ4v) is 11.4. The zero-order valence-corrected chi connectivity index (χ0v) is 19.8. The molecule has 3 aromatic carbocycles. The van der Waals surface area contributed by atoms with Gasteiger partial charge in [0, 0.05) is 0 Å². The molecule has 1 nitrogen and oxygen atoms in total. The summed E-state index contributed by atoms with van der Waals surface area (Å²) in [4.78, 5) is 0. The Morgan fingerprint density at radius 1 is 0.929 bits per heavy atom. The average molecular weight is 523 g/mol. The third-order valence-electron chi connectivity index (χ3n) is 5.76. The van der Waals surface area contributed by atoms with Crippen molar-refractivity contribution in [3.05, 3.63) is 93.9 Å². The number of ether oxygens (including phenoxy) is 1. The van der Waals surface area contributed by atoms with E-state index in [0.29, 0.717) is 0 Å². The van der Waals surface area contributed by atoms with Crippen LogP contribution in [0.1, 0.15) is 11.1 Å². The first-order valence-electron chi connectivity index (χ1n) is 9.33. The first-order chi connectivity index (χ1) is 13.7. The van der Waals surface area contributed by atoms with E-state index in [4.69, 9.17) is 13.6 Å². The number of rotatable bonds is 2. The fourth-order valence-electron chi connectivity index (χ4n) is 4.56. The van der Waals surface area contributed by atoms with Crippen LogP contribution in [0.2, 0.25) is 0 Å². The molecule has 0 radical (unpaired) electrons. The van der Waals surface area contributed by atoms with Crippen LogP contribution in [0.5, 0.6) is 0 Å². The van der Waals surface area contributed by atoms with Crippen molar-refractivity contribution in [1.82, 2.24) is 0 Å². The summed E-state index contributed by atoms with van der Waals surface area (Å²) in [6.07, 6.45) is 5.42. The molecule has 2 aliphatic carbocycles. The quantitative estimate of drug-likeness (QED) is 0.373. The summed E-state index contributed by atoms with van der Waals surface area (Å²) in [6.45, 7) is 0. The molecule has 1 unspecified atom stereocenters. The summed E-state index contributed by atoms with van der Waals surface area (Å²) in [5.74, 6) is 0.994. The Kier molecular flexibility index (Phi) is 4.05. The maximum absolute atomic E-state index is 6.33. The van der Waals surface area contributed by atoms with Crippen molar-refractivity contribution in [3.8, 4) is 11.1 Å². The Balaban J connectivity index is 1.56. The van der Waals surface area contributed by atoms with Crippen LogP contribution in [-0.4, -0.2) is 5.01 Å². The van der Waals surface area contributed by atoms with Gasteiger partial charge in [-0.2, -0.15) is 0 Å². The maximum atomic E-state index is 6.33. The van der Waals surface area contributed by atoms with Crippen molar-refractivity contribution >= 4 is 43.2 Å². The molecule has 6 rings (SSSR count). The molecule has 0 amide bonds. The molecule has 0 N–H and O–H groups in total. The second kappa shape index (κ2) is 6.52. The third kappa shape index (κ3) is 2.51. The molecule has 0 saturated carbocycles. The van der Waals surface area contributed by atoms with Crippen LogP contribution in [0, 0.1) is 0 Å². The summed E-state index contributed by atoms with van der Waals surface area (Å²) < 4.78 is 8.78. The number of hydrogen-bond acceptors (Lipinski definition) is 2. The third-order valence-corrected chi connectivity index (χ3v) is 13.3. The molecule has 1 heterocycles. The second-order valence-corrected chi connectivity index (χ2v) is 14.9. The number of benzene rings is 3. The van der Waals surface area contributed by atoms with E-state index in [2.05, 4.69) is 88.7 Å². The Morgan fingerprint density at radius 2 is 1.71 bits per heavy atom. The van der Waals surface area contributed by atoms with Gasteiger partial charge >= 0.3 is 184 Å². The molecule has 3 aliphatic rings. The first kappa shape index (κ1) is 17.4. The van der Waals surface area contributed by atoms with Gasteiger partial charge < -0.3 is 0 Å². The number of alkyl halides is 1. The Morgan fingerprint density at radius 3 is 2.64 bits per heavy atom. The van der Waals surface area contributed by atoms with Gasteiger partial charge in [-0.3, -0.25) is 0 Å². The van der Waals surface area contributed by atoms with Crippen LogP contribution in [0.25, 0.3) is 23.0 Å². The van der Waals surface area contributed by atoms with Crippen molar-refractivity contribution < 1.29 is 24.4 Å². The van der Waals surface area contributed by atoms with Crippen LogP contribution in [-0.2, 0) is 30.9 Å². The second-order valence-electron chi connectivity index (χ2n) is 7.33. The molecule has 0 saturated heterocycles. The molecule has 0 bridgehead atoms. The summed E-state index contributed by atoms with van der Waals surface area (Å²) in [7, 11) is 6.33. The molecule has 134 valence electrons. The van der Waals surface area contributed by atoms with Gasteiger partial charge in [0.15, 0.2) is 0 Å². The van der Waals surface area contributed by atoms with E-state index in [1.54, 1.807) is 0 Å². The first-order valence-corrected chi connectivity index (χ1v) is 16.1. The summed E-state index contributed by atoms with van der Waals surface area (Å²) in [5, 5.41) is 2.46. The fraction of sp³-hybridized carbons (Fsp3) is 0.0833. The average Bonchev–Trinajstić information content (AvgIpc) is 3.36. The van der Waals surface area contributed by atoms with E-state index in [-0.39, 0.29) is 5.01 Å². The topological polar surface area (TPSA) is 9.23 Å². The van der Waals surface area contributed by atoms with Crippen molar-refractivity contribution in [2.75, 3.05) is 0 Å². The van der Waals surface area contributed by atoms with Crippen LogP contribution in [0.15, 0.2) is 72.3 Å². The van der Waals surface area contributed by atoms with Gasteiger partial charge in [-0.15, -0.1) is 0 Å². The minimum absolute atomic E-state index is 0.0268. The van der Waals surface area contributed by atoms with Crippen molar-refractivity contribution in [1.29, 1.82) is 0 Å². The summed E-state index contributed by atoms with van der Waals surface area (Å²) in [6, 6.07) is 22.1. The van der Waals surface area contributed by atoms with Gasteiger partial charge in [-0.1, -0.05) is 0 Å². The predicted molar refractivity (Wildman–Crippen MR) is 117 cm³/mol. The normalized spacial score (nSPS) is 17.8. The van der Waals surface area contributed by atoms with E-state index in [1.165, 1.54) is 44.8 Å². The molecule has 3 aromatic rings. The molecule has 4 heteroatoms. The van der Waals surface area contributed by atoms with Crippen molar-refractivity contribution in [2.24, 2.45) is 0 Å². The summed E-state index contributed by atoms with van der Waals surface area (Å²) >= 11 is 1.05. The molecule has 1 aliphatic heterocycles. The number of halogens is 1. The van der Waals surface area contributed by atoms with Gasteiger partial charge in [0.1, 0.15) is 0 Å². The van der Waals surface area contributed by atoms with E-state index in [1.807, 2.05) is 0 Å². The Hall–Kier alpha value is -1.48. The van der Waals surface area contributed by atoms with Crippen LogP contribution in [0.4, 0.5) is 0 Å². The monoisotopic (exact) mass is 520 g/mol. The Labute approximate surface area is 182 Å². The van der Waals surface area contributed by atoms with Crippen LogP contribution >= 0.6 is 24.8 Å². The molecule has 0 spiro atoms. The number of hydrogen-bond donors (Lipinski definition) is 0. The van der Waals surface area contributed by atoms with Crippen molar-refractivity contribution in [3.63, 3.8) is 0 Å². The summed E-state index contributed by atoms with van der Waals surface area (Å²) in [5.41, 5.74) is 6.83. The molecule has 28 heavy (non-hydrogen) atoms. The Bertz CT molecular complexity index is 1360. The van der Waals surface area contributed by atoms with E-state index < -0.39 is 19.7 Å². The van der Waals surface area contributed by atoms with Crippen molar-refractivity contribution in [2.45, 2.75) is 11.4 Å². The van der Waals surface area contributed by atoms with Gasteiger partial charge in [-0.25, -0.2) is 0 Å². The zero-order chi connectivity index (χ0) is 18.8. The molecular weight excluding hydrogens is 507 g/mol. The van der Waals surface area contributed by atoms with Gasteiger partial charge in [-0.05, 0) is 0 Å². The van der Waals surface area contributed by atoms with Crippen LogP contribution < -0.4 is 17.0 Å². The van der Waals surface area contributed by atoms with E-state index >= 15 is 0 Å². The van der Waals surface area contributed by atoms with Gasteiger partial charge in [0.25, 0.3) is 0 Å². The SMILES string of the molecule is [S]=[Zr]([c]1cccc2c1-c1ccccc1C2)[c]1cccc2c1=CC1=CC(Br)OC=21. The standard InChI is InChI=1S/C13H9.C11H6BrO.S.Zr/c1-3-7-12-10(5-1)9-11-6-2-4-8-13(11)12;12-10-6-8-5-7-3-1-2-4-9(7)11(8)13-10;;/h1-7H,9H2;1-2,4-6,10H;;. The zero-order valence-electron chi connectivity index (χ0n) is 14.9. The van der Waals surface area contributed by atoms with E-state index in [9.17, 15) is 0 Å². The van der Waals surface area contributed by atoms with Crippen LogP contribution in [0.3, 0.4) is 0 Å². The molecule has 1 atom stereocenters. The van der Waals surface area contributed by atoms with Gasteiger partial charge in [0.05, 0.1) is 0 Å². The predicted octanol–water partition coefficient (Wildman–Crippen LogP) is 3.52. The molecule has 0 fully saturated rings. The minimum atomic E-state index is -2.48. The van der Waals surface area contributed by atoms with Gasteiger partial charge in [0.2, 0.25) is 0 Å². The molecular formula is C24H15BrOSZr. The van der Waals surface area contributed by atoms with E-state index in [0.717, 1.165) is 12.2 Å².